The third-order valence-corrected chi connectivity index (χ3v) is 4.74. The molecule has 144 valence electrons. The van der Waals surface area contributed by atoms with Gasteiger partial charge in [-0.15, -0.1) is 0 Å². The van der Waals surface area contributed by atoms with Crippen LogP contribution in [0.25, 0.3) is 0 Å². The number of anilines is 2. The molecular formula is C21H18F3N3O. The molecule has 4 nitrogen and oxygen atoms in total. The van der Waals surface area contributed by atoms with Gasteiger partial charge in [0.25, 0.3) is 5.91 Å². The smallest absolute Gasteiger partial charge is 0.315 e. The highest BCUT2D eigenvalue weighted by molar-refractivity contribution is 6.07. The quantitative estimate of drug-likeness (QED) is 0.748. The average molecular weight is 385 g/mol. The Morgan fingerprint density at radius 1 is 1.14 bits per heavy atom. The first-order valence-electron chi connectivity index (χ1n) is 8.69. The van der Waals surface area contributed by atoms with E-state index in [1.54, 1.807) is 11.0 Å². The minimum Gasteiger partial charge on any atom is -0.315 e. The van der Waals surface area contributed by atoms with E-state index < -0.39 is 23.3 Å². The van der Waals surface area contributed by atoms with E-state index in [-0.39, 0.29) is 17.4 Å². The van der Waals surface area contributed by atoms with Gasteiger partial charge in [0.15, 0.2) is 0 Å². The van der Waals surface area contributed by atoms with Gasteiger partial charge in [-0.25, -0.2) is 0 Å². The minimum absolute atomic E-state index is 0.0365. The molecule has 1 saturated heterocycles. The van der Waals surface area contributed by atoms with Gasteiger partial charge in [0.2, 0.25) is 0 Å². The molecule has 0 spiro atoms. The van der Waals surface area contributed by atoms with Gasteiger partial charge in [0.05, 0.1) is 22.9 Å². The summed E-state index contributed by atoms with van der Waals surface area (Å²) in [6, 6.07) is 11.7. The van der Waals surface area contributed by atoms with Crippen molar-refractivity contribution in [3.8, 4) is 6.07 Å². The predicted molar refractivity (Wildman–Crippen MR) is 101 cm³/mol. The number of hydrogen-bond acceptors (Lipinski definition) is 3. The van der Waals surface area contributed by atoms with E-state index in [0.717, 1.165) is 23.4 Å². The lowest BCUT2D eigenvalue weighted by Gasteiger charge is -2.25. The van der Waals surface area contributed by atoms with Crippen LogP contribution in [0.3, 0.4) is 0 Å². The zero-order chi connectivity index (χ0) is 20.6. The van der Waals surface area contributed by atoms with Crippen molar-refractivity contribution in [3.63, 3.8) is 0 Å². The SMILES string of the molecule is C=C1N(c2ccc(C#N)c(C(F)(F)F)c2)C(=O)C(CC)N1c1ccc(C)cc1. The van der Waals surface area contributed by atoms with Crippen LogP contribution in [0.1, 0.15) is 30.0 Å². The number of alkyl halides is 3. The molecule has 1 atom stereocenters. The Bertz CT molecular complexity index is 974. The summed E-state index contributed by atoms with van der Waals surface area (Å²) in [7, 11) is 0. The summed E-state index contributed by atoms with van der Waals surface area (Å²) >= 11 is 0. The van der Waals surface area contributed by atoms with Crippen molar-refractivity contribution in [2.75, 3.05) is 9.80 Å². The fourth-order valence-electron chi connectivity index (χ4n) is 3.35. The maximum absolute atomic E-state index is 13.3. The summed E-state index contributed by atoms with van der Waals surface area (Å²) in [6.07, 6.45) is -4.24. The number of nitriles is 1. The first-order valence-corrected chi connectivity index (χ1v) is 8.69. The number of rotatable bonds is 3. The van der Waals surface area contributed by atoms with Crippen LogP contribution in [0.5, 0.6) is 0 Å². The second-order valence-corrected chi connectivity index (χ2v) is 6.56. The Balaban J connectivity index is 2.08. The molecule has 1 amide bonds. The summed E-state index contributed by atoms with van der Waals surface area (Å²) in [6.45, 7) is 7.73. The maximum Gasteiger partial charge on any atom is 0.417 e. The third-order valence-electron chi connectivity index (χ3n) is 4.74. The first kappa shape index (κ1) is 19.5. The first-order chi connectivity index (χ1) is 13.2. The molecule has 1 aliphatic rings. The van der Waals surface area contributed by atoms with Crippen LogP contribution in [-0.4, -0.2) is 11.9 Å². The fraction of sp³-hybridized carbons (Fsp3) is 0.238. The predicted octanol–water partition coefficient (Wildman–Crippen LogP) is 4.99. The van der Waals surface area contributed by atoms with E-state index in [0.29, 0.717) is 6.42 Å². The Morgan fingerprint density at radius 2 is 1.75 bits per heavy atom. The topological polar surface area (TPSA) is 47.3 Å². The Kier molecular flexibility index (Phi) is 4.90. The standard InChI is InChI=1S/C21H18F3N3O/c1-4-19-20(28)27(14(3)26(19)16-8-5-13(2)6-9-16)17-10-7-15(12-25)18(11-17)21(22,23)24/h5-11,19H,3-4H2,1-2H3. The van der Waals surface area contributed by atoms with E-state index in [1.165, 1.54) is 11.0 Å². The van der Waals surface area contributed by atoms with E-state index in [1.807, 2.05) is 38.1 Å². The third kappa shape index (κ3) is 3.22. The molecule has 28 heavy (non-hydrogen) atoms. The van der Waals surface area contributed by atoms with Gasteiger partial charge >= 0.3 is 6.18 Å². The van der Waals surface area contributed by atoms with Crippen molar-refractivity contribution >= 4 is 17.3 Å². The molecular weight excluding hydrogens is 367 g/mol. The fourth-order valence-corrected chi connectivity index (χ4v) is 3.35. The molecule has 1 aliphatic heterocycles. The van der Waals surface area contributed by atoms with Crippen molar-refractivity contribution in [1.29, 1.82) is 5.26 Å². The normalized spacial score (nSPS) is 17.2. The van der Waals surface area contributed by atoms with Crippen LogP contribution in [0.4, 0.5) is 24.5 Å². The molecule has 2 aromatic rings. The summed E-state index contributed by atoms with van der Waals surface area (Å²) in [5, 5.41) is 8.98. The summed E-state index contributed by atoms with van der Waals surface area (Å²) in [5.74, 6) is -0.0792. The molecule has 0 radical (unpaired) electrons. The largest absolute Gasteiger partial charge is 0.417 e. The molecule has 3 rings (SSSR count). The molecule has 0 N–H and O–H groups in total. The summed E-state index contributed by atoms with van der Waals surface area (Å²) < 4.78 is 40.0. The van der Waals surface area contributed by atoms with Gasteiger partial charge in [0.1, 0.15) is 11.9 Å². The van der Waals surface area contributed by atoms with Crippen LogP contribution in [0.2, 0.25) is 0 Å². The van der Waals surface area contributed by atoms with Crippen molar-refractivity contribution < 1.29 is 18.0 Å². The number of aryl methyl sites for hydroxylation is 1. The molecule has 1 unspecified atom stereocenters. The van der Waals surface area contributed by atoms with Crippen LogP contribution in [0.15, 0.2) is 54.9 Å². The van der Waals surface area contributed by atoms with Crippen molar-refractivity contribution in [2.24, 2.45) is 0 Å². The number of nitrogens with zero attached hydrogens (tertiary/aromatic N) is 3. The molecule has 1 fully saturated rings. The number of benzene rings is 2. The van der Waals surface area contributed by atoms with Crippen LogP contribution in [0, 0.1) is 18.3 Å². The van der Waals surface area contributed by atoms with Gasteiger partial charge in [-0.05, 0) is 43.7 Å². The summed E-state index contributed by atoms with van der Waals surface area (Å²) in [5.41, 5.74) is 0.259. The zero-order valence-corrected chi connectivity index (χ0v) is 15.4. The Labute approximate surface area is 161 Å². The van der Waals surface area contributed by atoms with Gasteiger partial charge in [0, 0.05) is 5.69 Å². The van der Waals surface area contributed by atoms with E-state index in [9.17, 15) is 18.0 Å². The minimum atomic E-state index is -4.70. The van der Waals surface area contributed by atoms with Crippen molar-refractivity contribution in [3.05, 3.63) is 71.6 Å². The highest BCUT2D eigenvalue weighted by atomic mass is 19.4. The molecule has 0 aromatic heterocycles. The lowest BCUT2D eigenvalue weighted by atomic mass is 10.1. The van der Waals surface area contributed by atoms with E-state index in [2.05, 4.69) is 6.58 Å². The highest BCUT2D eigenvalue weighted by Gasteiger charge is 2.43. The molecule has 0 aliphatic carbocycles. The molecule has 0 bridgehead atoms. The number of hydrogen-bond donors (Lipinski definition) is 0. The number of carbonyl (C=O) groups is 1. The maximum atomic E-state index is 13.3. The molecule has 2 aromatic carbocycles. The van der Waals surface area contributed by atoms with Gasteiger partial charge in [-0.1, -0.05) is 31.2 Å². The van der Waals surface area contributed by atoms with Crippen LogP contribution < -0.4 is 9.80 Å². The Hall–Kier alpha value is -3.27. The molecule has 1 heterocycles. The van der Waals surface area contributed by atoms with Crippen LogP contribution >= 0.6 is 0 Å². The van der Waals surface area contributed by atoms with Gasteiger partial charge < -0.3 is 4.90 Å². The lowest BCUT2D eigenvalue weighted by molar-refractivity contribution is -0.137. The zero-order valence-electron chi connectivity index (χ0n) is 15.4. The summed E-state index contributed by atoms with van der Waals surface area (Å²) in [4.78, 5) is 15.9. The van der Waals surface area contributed by atoms with Crippen LogP contribution in [-0.2, 0) is 11.0 Å². The van der Waals surface area contributed by atoms with Gasteiger partial charge in [-0.2, -0.15) is 18.4 Å². The Morgan fingerprint density at radius 3 is 2.29 bits per heavy atom. The van der Waals surface area contributed by atoms with E-state index in [4.69, 9.17) is 5.26 Å². The van der Waals surface area contributed by atoms with E-state index >= 15 is 0 Å². The second-order valence-electron chi connectivity index (χ2n) is 6.56. The second kappa shape index (κ2) is 7.04. The lowest BCUT2D eigenvalue weighted by Crippen LogP contribution is -2.32. The number of halogens is 3. The number of carbonyl (C=O) groups excluding carboxylic acids is 1. The van der Waals surface area contributed by atoms with Crippen molar-refractivity contribution in [2.45, 2.75) is 32.5 Å². The number of amides is 1. The monoisotopic (exact) mass is 385 g/mol. The van der Waals surface area contributed by atoms with Crippen molar-refractivity contribution in [1.82, 2.24) is 0 Å². The highest BCUT2D eigenvalue weighted by Crippen LogP contribution is 2.39. The van der Waals surface area contributed by atoms with Gasteiger partial charge in [-0.3, -0.25) is 9.69 Å². The molecule has 7 heteroatoms. The molecule has 0 saturated carbocycles. The average Bonchev–Trinajstić information content (AvgIpc) is 2.91.